The lowest BCUT2D eigenvalue weighted by atomic mass is 10.1. The van der Waals surface area contributed by atoms with Crippen molar-refractivity contribution in [1.29, 1.82) is 0 Å². The van der Waals surface area contributed by atoms with Crippen LogP contribution in [0.25, 0.3) is 21.4 Å². The van der Waals surface area contributed by atoms with Gasteiger partial charge in [0.25, 0.3) is 11.8 Å². The molecule has 34 heavy (non-hydrogen) atoms. The van der Waals surface area contributed by atoms with E-state index < -0.39 is 0 Å². The van der Waals surface area contributed by atoms with Gasteiger partial charge in [-0.1, -0.05) is 29.5 Å². The number of furan rings is 1. The molecule has 2 amide bonds. The summed E-state index contributed by atoms with van der Waals surface area (Å²) in [4.78, 5) is 33.2. The van der Waals surface area contributed by atoms with Gasteiger partial charge in [0, 0.05) is 24.5 Å². The minimum atomic E-state index is -0.204. The van der Waals surface area contributed by atoms with E-state index in [4.69, 9.17) is 14.9 Å². The maximum atomic E-state index is 13.5. The van der Waals surface area contributed by atoms with Gasteiger partial charge in [-0.15, -0.1) is 0 Å². The van der Waals surface area contributed by atoms with Crippen LogP contribution in [0.3, 0.4) is 0 Å². The number of nitrogen functional groups attached to an aromatic ring is 1. The molecule has 0 aliphatic heterocycles. The Balaban J connectivity index is 1.32. The van der Waals surface area contributed by atoms with Crippen molar-refractivity contribution in [2.45, 2.75) is 18.9 Å². The lowest BCUT2D eigenvalue weighted by molar-refractivity contribution is 0.0732. The van der Waals surface area contributed by atoms with Crippen LogP contribution >= 0.6 is 11.3 Å². The van der Waals surface area contributed by atoms with Crippen LogP contribution in [0.1, 0.15) is 33.7 Å². The highest BCUT2D eigenvalue weighted by atomic mass is 32.1. The van der Waals surface area contributed by atoms with E-state index in [1.807, 2.05) is 30.3 Å². The zero-order valence-corrected chi connectivity index (χ0v) is 19.4. The topological polar surface area (TPSA) is 111 Å². The van der Waals surface area contributed by atoms with E-state index in [9.17, 15) is 9.59 Å². The number of nitrogens with zero attached hydrogens (tertiary/aromatic N) is 2. The van der Waals surface area contributed by atoms with Crippen molar-refractivity contribution in [3.8, 4) is 16.2 Å². The fourth-order valence-electron chi connectivity index (χ4n) is 3.99. The third-order valence-electron chi connectivity index (χ3n) is 5.81. The number of amides is 2. The van der Waals surface area contributed by atoms with Gasteiger partial charge < -0.3 is 25.1 Å². The maximum absolute atomic E-state index is 13.5. The molecular weight excluding hydrogens is 452 g/mol. The monoisotopic (exact) mass is 476 g/mol. The Morgan fingerprint density at radius 3 is 2.85 bits per heavy atom. The van der Waals surface area contributed by atoms with E-state index in [1.165, 1.54) is 11.3 Å². The van der Waals surface area contributed by atoms with Crippen molar-refractivity contribution < 1.29 is 18.7 Å². The van der Waals surface area contributed by atoms with Gasteiger partial charge in [0.1, 0.15) is 17.0 Å². The second-order valence-corrected chi connectivity index (χ2v) is 9.12. The SMILES string of the molecule is COc1cccc(-c2sc(N)nc2C(=O)N(CCNC(=O)c2cccc3occc23)C2CC2)c1. The van der Waals surface area contributed by atoms with E-state index in [1.54, 1.807) is 36.5 Å². The molecular formula is C25H24N4O4S. The van der Waals surface area contributed by atoms with Crippen LogP contribution in [0.15, 0.2) is 59.2 Å². The zero-order chi connectivity index (χ0) is 23.7. The second kappa shape index (κ2) is 9.18. The lowest BCUT2D eigenvalue weighted by Gasteiger charge is -2.22. The molecule has 0 atom stereocenters. The first kappa shape index (κ1) is 22.0. The molecule has 3 N–H and O–H groups in total. The first-order chi connectivity index (χ1) is 16.5. The number of nitrogens with one attached hydrogen (secondary N) is 1. The number of ether oxygens (including phenoxy) is 1. The van der Waals surface area contributed by atoms with Gasteiger partial charge in [-0.3, -0.25) is 9.59 Å². The van der Waals surface area contributed by atoms with E-state index in [0.717, 1.165) is 23.8 Å². The van der Waals surface area contributed by atoms with Gasteiger partial charge in [0.15, 0.2) is 5.13 Å². The van der Waals surface area contributed by atoms with Crippen LogP contribution in [0.5, 0.6) is 5.75 Å². The molecule has 0 radical (unpaired) electrons. The Labute approximate surface area is 200 Å². The molecule has 1 saturated carbocycles. The summed E-state index contributed by atoms with van der Waals surface area (Å²) in [7, 11) is 1.60. The average molecular weight is 477 g/mol. The van der Waals surface area contributed by atoms with E-state index in [2.05, 4.69) is 10.3 Å². The number of hydrogen-bond acceptors (Lipinski definition) is 7. The van der Waals surface area contributed by atoms with Crippen molar-refractivity contribution in [2.75, 3.05) is 25.9 Å². The highest BCUT2D eigenvalue weighted by molar-refractivity contribution is 7.19. The van der Waals surface area contributed by atoms with Gasteiger partial charge in [0.2, 0.25) is 0 Å². The Kier molecular flexibility index (Phi) is 5.93. The molecule has 1 aliphatic carbocycles. The fourth-order valence-corrected chi connectivity index (χ4v) is 4.81. The smallest absolute Gasteiger partial charge is 0.274 e. The Bertz CT molecular complexity index is 1360. The van der Waals surface area contributed by atoms with E-state index in [0.29, 0.717) is 45.7 Å². The van der Waals surface area contributed by atoms with E-state index >= 15 is 0 Å². The Hall–Kier alpha value is -3.85. The van der Waals surface area contributed by atoms with Gasteiger partial charge in [-0.25, -0.2) is 4.98 Å². The van der Waals surface area contributed by atoms with Gasteiger partial charge in [0.05, 0.1) is 23.8 Å². The Morgan fingerprint density at radius 1 is 1.24 bits per heavy atom. The number of anilines is 1. The molecule has 0 saturated heterocycles. The number of methoxy groups -OCH3 is 1. The van der Waals surface area contributed by atoms with E-state index in [-0.39, 0.29) is 17.9 Å². The summed E-state index contributed by atoms with van der Waals surface area (Å²) in [6, 6.07) is 14.8. The summed E-state index contributed by atoms with van der Waals surface area (Å²) in [5, 5.41) is 4.03. The molecule has 5 rings (SSSR count). The number of benzene rings is 2. The molecule has 1 fully saturated rings. The van der Waals surface area contributed by atoms with Crippen LogP contribution in [-0.4, -0.2) is 47.9 Å². The van der Waals surface area contributed by atoms with Crippen molar-refractivity contribution >= 4 is 39.3 Å². The third kappa shape index (κ3) is 4.34. The zero-order valence-electron chi connectivity index (χ0n) is 18.6. The molecule has 0 spiro atoms. The van der Waals surface area contributed by atoms with Gasteiger partial charge in [-0.05, 0) is 48.7 Å². The summed E-state index contributed by atoms with van der Waals surface area (Å²) in [5.74, 6) is 0.307. The normalized spacial score (nSPS) is 13.1. The molecule has 174 valence electrons. The maximum Gasteiger partial charge on any atom is 0.274 e. The lowest BCUT2D eigenvalue weighted by Crippen LogP contribution is -2.40. The number of hydrogen-bond donors (Lipinski definition) is 2. The van der Waals surface area contributed by atoms with Crippen LogP contribution in [0.2, 0.25) is 0 Å². The molecule has 0 unspecified atom stereocenters. The second-order valence-electron chi connectivity index (χ2n) is 8.09. The van der Waals surface area contributed by atoms with Crippen molar-refractivity contribution in [3.05, 3.63) is 66.1 Å². The quantitative estimate of drug-likeness (QED) is 0.395. The molecule has 2 heterocycles. The number of fused-ring (bicyclic) bond motifs is 1. The number of aromatic nitrogens is 1. The molecule has 4 aromatic rings. The number of carbonyl (C=O) groups excluding carboxylic acids is 2. The molecule has 2 aromatic carbocycles. The first-order valence-corrected chi connectivity index (χ1v) is 11.8. The summed E-state index contributed by atoms with van der Waals surface area (Å²) < 4.78 is 10.7. The summed E-state index contributed by atoms with van der Waals surface area (Å²) in [5.41, 5.74) is 8.36. The summed E-state index contributed by atoms with van der Waals surface area (Å²) >= 11 is 1.28. The molecule has 9 heteroatoms. The summed E-state index contributed by atoms with van der Waals surface area (Å²) in [6.07, 6.45) is 3.43. The van der Waals surface area contributed by atoms with Crippen molar-refractivity contribution in [2.24, 2.45) is 0 Å². The third-order valence-corrected chi connectivity index (χ3v) is 6.74. The molecule has 8 nitrogen and oxygen atoms in total. The molecule has 2 aromatic heterocycles. The number of carbonyl (C=O) groups is 2. The Morgan fingerprint density at radius 2 is 2.06 bits per heavy atom. The van der Waals surface area contributed by atoms with Crippen molar-refractivity contribution in [3.63, 3.8) is 0 Å². The van der Waals surface area contributed by atoms with Crippen LogP contribution in [0.4, 0.5) is 5.13 Å². The number of nitrogens with two attached hydrogens (primary N) is 1. The standard InChI is InChI=1S/C25H24N4O4S/c1-32-17-5-2-4-15(14-17)22-21(28-25(26)34-22)24(31)29(16-8-9-16)12-11-27-23(30)19-6-3-7-20-18(19)10-13-33-20/h2-7,10,13-14,16H,8-9,11-12H2,1H3,(H2,26,28)(H,27,30). The predicted molar refractivity (Wildman–Crippen MR) is 131 cm³/mol. The predicted octanol–water partition coefficient (Wildman–Crippen LogP) is 4.18. The highest BCUT2D eigenvalue weighted by Gasteiger charge is 2.35. The molecule has 0 bridgehead atoms. The largest absolute Gasteiger partial charge is 0.497 e. The van der Waals surface area contributed by atoms with Gasteiger partial charge in [-0.2, -0.15) is 0 Å². The first-order valence-electron chi connectivity index (χ1n) is 11.0. The average Bonchev–Trinajstić information content (AvgIpc) is 3.43. The number of thiazole rings is 1. The fraction of sp³-hybridized carbons (Fsp3) is 0.240. The van der Waals surface area contributed by atoms with Crippen LogP contribution < -0.4 is 15.8 Å². The number of rotatable bonds is 8. The minimum Gasteiger partial charge on any atom is -0.497 e. The molecule has 1 aliphatic rings. The van der Waals surface area contributed by atoms with Crippen LogP contribution in [-0.2, 0) is 0 Å². The van der Waals surface area contributed by atoms with Gasteiger partial charge >= 0.3 is 0 Å². The van der Waals surface area contributed by atoms with Crippen LogP contribution in [0, 0.1) is 0 Å². The van der Waals surface area contributed by atoms with Crippen molar-refractivity contribution in [1.82, 2.24) is 15.2 Å². The highest BCUT2D eigenvalue weighted by Crippen LogP contribution is 2.36. The minimum absolute atomic E-state index is 0.141. The summed E-state index contributed by atoms with van der Waals surface area (Å²) in [6.45, 7) is 0.703.